The molecule has 0 saturated heterocycles. The summed E-state index contributed by atoms with van der Waals surface area (Å²) in [6, 6.07) is 16.1. The van der Waals surface area contributed by atoms with Crippen LogP contribution in [0.25, 0.3) is 10.9 Å². The summed E-state index contributed by atoms with van der Waals surface area (Å²) in [7, 11) is 1.94. The first-order chi connectivity index (χ1) is 10.2. The molecule has 0 aliphatic carbocycles. The lowest BCUT2D eigenvalue weighted by atomic mass is 9.96. The summed E-state index contributed by atoms with van der Waals surface area (Å²) >= 11 is 9.77. The summed E-state index contributed by atoms with van der Waals surface area (Å²) in [4.78, 5) is 4.54. The second-order valence-electron chi connectivity index (χ2n) is 4.81. The first-order valence-corrected chi connectivity index (χ1v) is 7.83. The highest BCUT2D eigenvalue weighted by Gasteiger charge is 2.18. The van der Waals surface area contributed by atoms with Crippen LogP contribution >= 0.6 is 27.5 Å². The second-order valence-corrected chi connectivity index (χ2v) is 6.10. The van der Waals surface area contributed by atoms with Crippen molar-refractivity contribution < 1.29 is 0 Å². The standard InChI is InChI=1S/C17H14BrClN2/c1-20-17(14-10-12(19)7-8-15(14)18)13-6-2-4-11-5-3-9-21-16(11)13/h2-10,17,20H,1H3. The first-order valence-electron chi connectivity index (χ1n) is 6.66. The van der Waals surface area contributed by atoms with Gasteiger partial charge in [0, 0.05) is 21.1 Å². The molecular formula is C17H14BrClN2. The summed E-state index contributed by atoms with van der Waals surface area (Å²) in [6.45, 7) is 0. The number of para-hydroxylation sites is 1. The molecular weight excluding hydrogens is 348 g/mol. The molecule has 0 bridgehead atoms. The molecule has 0 amide bonds. The molecule has 0 saturated carbocycles. The Kier molecular flexibility index (Phi) is 4.24. The average Bonchev–Trinajstić information content (AvgIpc) is 2.51. The first kappa shape index (κ1) is 14.5. The van der Waals surface area contributed by atoms with E-state index in [4.69, 9.17) is 11.6 Å². The van der Waals surface area contributed by atoms with Gasteiger partial charge in [-0.05, 0) is 42.4 Å². The SMILES string of the molecule is CNC(c1cc(Cl)ccc1Br)c1cccc2cccnc12. The topological polar surface area (TPSA) is 24.9 Å². The molecule has 0 aliphatic heterocycles. The molecule has 1 atom stereocenters. The second kappa shape index (κ2) is 6.14. The Bertz CT molecular complexity index is 783. The van der Waals surface area contributed by atoms with Crippen molar-refractivity contribution in [1.29, 1.82) is 0 Å². The Labute approximate surface area is 137 Å². The van der Waals surface area contributed by atoms with Crippen LogP contribution in [0.15, 0.2) is 59.2 Å². The molecule has 1 heterocycles. The number of aromatic nitrogens is 1. The third-order valence-corrected chi connectivity index (χ3v) is 4.49. The van der Waals surface area contributed by atoms with Crippen LogP contribution in [0.4, 0.5) is 0 Å². The Hall–Kier alpha value is -1.42. The summed E-state index contributed by atoms with van der Waals surface area (Å²) in [6.07, 6.45) is 1.82. The van der Waals surface area contributed by atoms with E-state index in [1.165, 1.54) is 0 Å². The van der Waals surface area contributed by atoms with E-state index in [1.54, 1.807) is 0 Å². The zero-order valence-corrected chi connectivity index (χ0v) is 13.8. The molecule has 106 valence electrons. The summed E-state index contributed by atoms with van der Waals surface area (Å²) in [5.41, 5.74) is 3.24. The van der Waals surface area contributed by atoms with Crippen molar-refractivity contribution in [2.75, 3.05) is 7.05 Å². The zero-order valence-electron chi connectivity index (χ0n) is 11.5. The van der Waals surface area contributed by atoms with E-state index < -0.39 is 0 Å². The molecule has 3 aromatic rings. The molecule has 2 aromatic carbocycles. The highest BCUT2D eigenvalue weighted by molar-refractivity contribution is 9.10. The number of halogens is 2. The Balaban J connectivity index is 2.21. The Morgan fingerprint density at radius 1 is 1.10 bits per heavy atom. The zero-order chi connectivity index (χ0) is 14.8. The fourth-order valence-corrected chi connectivity index (χ4v) is 3.23. The summed E-state index contributed by atoms with van der Waals surface area (Å²) in [5, 5.41) is 5.22. The average molecular weight is 362 g/mol. The van der Waals surface area contributed by atoms with Gasteiger partial charge >= 0.3 is 0 Å². The van der Waals surface area contributed by atoms with E-state index in [1.807, 2.05) is 37.5 Å². The van der Waals surface area contributed by atoms with Crippen LogP contribution in [0.1, 0.15) is 17.2 Å². The van der Waals surface area contributed by atoms with E-state index in [-0.39, 0.29) is 6.04 Å². The lowest BCUT2D eigenvalue weighted by Gasteiger charge is -2.20. The third-order valence-electron chi connectivity index (χ3n) is 3.53. The summed E-state index contributed by atoms with van der Waals surface area (Å²) in [5.74, 6) is 0. The molecule has 0 fully saturated rings. The van der Waals surface area contributed by atoms with Gasteiger partial charge < -0.3 is 5.32 Å². The van der Waals surface area contributed by atoms with Crippen molar-refractivity contribution in [3.05, 3.63) is 75.4 Å². The van der Waals surface area contributed by atoms with Crippen molar-refractivity contribution in [2.45, 2.75) is 6.04 Å². The van der Waals surface area contributed by atoms with E-state index in [9.17, 15) is 0 Å². The molecule has 0 aliphatic rings. The fraction of sp³-hybridized carbons (Fsp3) is 0.118. The maximum atomic E-state index is 6.16. The number of benzene rings is 2. The van der Waals surface area contributed by atoms with Crippen LogP contribution < -0.4 is 5.32 Å². The van der Waals surface area contributed by atoms with Gasteiger partial charge in [-0.3, -0.25) is 4.98 Å². The predicted molar refractivity (Wildman–Crippen MR) is 91.8 cm³/mol. The number of nitrogens with one attached hydrogen (secondary N) is 1. The van der Waals surface area contributed by atoms with E-state index >= 15 is 0 Å². The van der Waals surface area contributed by atoms with E-state index in [0.29, 0.717) is 0 Å². The molecule has 1 N–H and O–H groups in total. The van der Waals surface area contributed by atoms with Crippen LogP contribution in [0.3, 0.4) is 0 Å². The van der Waals surface area contributed by atoms with Crippen LogP contribution in [-0.2, 0) is 0 Å². The summed E-state index contributed by atoms with van der Waals surface area (Å²) < 4.78 is 1.03. The fourth-order valence-electron chi connectivity index (χ4n) is 2.58. The quantitative estimate of drug-likeness (QED) is 0.713. The lowest BCUT2D eigenvalue weighted by molar-refractivity contribution is 0.692. The third kappa shape index (κ3) is 2.82. The lowest BCUT2D eigenvalue weighted by Crippen LogP contribution is -2.18. The smallest absolute Gasteiger partial charge is 0.0753 e. The van der Waals surface area contributed by atoms with Gasteiger partial charge in [0.15, 0.2) is 0 Å². The molecule has 21 heavy (non-hydrogen) atoms. The van der Waals surface area contributed by atoms with Gasteiger partial charge in [-0.2, -0.15) is 0 Å². The van der Waals surface area contributed by atoms with E-state index in [0.717, 1.165) is 31.5 Å². The van der Waals surface area contributed by atoms with Crippen molar-refractivity contribution in [1.82, 2.24) is 10.3 Å². The minimum Gasteiger partial charge on any atom is -0.309 e. The number of hydrogen-bond acceptors (Lipinski definition) is 2. The maximum Gasteiger partial charge on any atom is 0.0753 e. The largest absolute Gasteiger partial charge is 0.309 e. The van der Waals surface area contributed by atoms with E-state index in [2.05, 4.69) is 50.5 Å². The van der Waals surface area contributed by atoms with Gasteiger partial charge in [0.1, 0.15) is 0 Å². The number of pyridine rings is 1. The maximum absolute atomic E-state index is 6.16. The van der Waals surface area contributed by atoms with Gasteiger partial charge in [0.2, 0.25) is 0 Å². The Morgan fingerprint density at radius 2 is 1.90 bits per heavy atom. The van der Waals surface area contributed by atoms with Crippen LogP contribution in [0.2, 0.25) is 5.02 Å². The molecule has 3 rings (SSSR count). The number of fused-ring (bicyclic) bond motifs is 1. The monoisotopic (exact) mass is 360 g/mol. The Morgan fingerprint density at radius 3 is 2.71 bits per heavy atom. The van der Waals surface area contributed by atoms with Gasteiger partial charge in [0.05, 0.1) is 11.6 Å². The normalized spacial score (nSPS) is 12.5. The molecule has 2 nitrogen and oxygen atoms in total. The number of nitrogens with zero attached hydrogens (tertiary/aromatic N) is 1. The van der Waals surface area contributed by atoms with Crippen molar-refractivity contribution in [3.8, 4) is 0 Å². The van der Waals surface area contributed by atoms with Gasteiger partial charge in [-0.15, -0.1) is 0 Å². The number of rotatable bonds is 3. The molecule has 0 radical (unpaired) electrons. The van der Waals surface area contributed by atoms with Crippen molar-refractivity contribution in [2.24, 2.45) is 0 Å². The van der Waals surface area contributed by atoms with Crippen molar-refractivity contribution in [3.63, 3.8) is 0 Å². The van der Waals surface area contributed by atoms with Crippen molar-refractivity contribution >= 4 is 38.4 Å². The molecule has 1 unspecified atom stereocenters. The van der Waals surface area contributed by atoms with Crippen LogP contribution in [0.5, 0.6) is 0 Å². The molecule has 1 aromatic heterocycles. The van der Waals surface area contributed by atoms with Crippen LogP contribution in [-0.4, -0.2) is 12.0 Å². The molecule has 4 heteroatoms. The highest BCUT2D eigenvalue weighted by Crippen LogP contribution is 2.33. The number of hydrogen-bond donors (Lipinski definition) is 1. The predicted octanol–water partition coefficient (Wildman–Crippen LogP) is 4.96. The van der Waals surface area contributed by atoms with Gasteiger partial charge in [-0.1, -0.05) is 51.8 Å². The van der Waals surface area contributed by atoms with Gasteiger partial charge in [-0.25, -0.2) is 0 Å². The minimum absolute atomic E-state index is 0.0247. The minimum atomic E-state index is 0.0247. The van der Waals surface area contributed by atoms with Crippen LogP contribution in [0, 0.1) is 0 Å². The van der Waals surface area contributed by atoms with Gasteiger partial charge in [0.25, 0.3) is 0 Å². The highest BCUT2D eigenvalue weighted by atomic mass is 79.9. The molecule has 0 spiro atoms.